The fourth-order valence-electron chi connectivity index (χ4n) is 4.89. The SMILES string of the molecule is Nc1nc2c(ncn2C2OC(COP(=O)(O)OP(=O)(O)CCOC3C(Oc4ccccc4)OC(CO)C(O)C3O)C(O)C2O)c(=O)[nH]1. The molecule has 5 rings (SSSR count). The smallest absolute Gasteiger partial charge is 0.462 e. The van der Waals surface area contributed by atoms with Crippen LogP contribution in [0.15, 0.2) is 41.5 Å². The molecule has 1 aromatic carbocycles. The molecule has 47 heavy (non-hydrogen) atoms. The second-order valence-electron chi connectivity index (χ2n) is 10.5. The standard InChI is InChI=1S/C24H33N5O16P2/c25-24-27-20-14(21(35)28-24)26-10-29(20)22-18(34)16(32)13(43-22)9-41-47(38,39)45-46(36,37)7-6-40-19-17(33)15(31)12(8-30)44-23(19)42-11-4-2-1-3-5-11/h1-5,10,12-13,15-19,22-23,30-34H,6-9H2,(H,36,37)(H,38,39)(H3,25,27,28,35). The van der Waals surface area contributed by atoms with E-state index in [-0.39, 0.29) is 22.9 Å². The normalized spacial score (nSPS) is 32.2. The number of benzene rings is 1. The third kappa shape index (κ3) is 8.07. The summed E-state index contributed by atoms with van der Waals surface area (Å²) in [5.74, 6) is 0.0250. The highest BCUT2D eigenvalue weighted by Gasteiger charge is 2.48. The van der Waals surface area contributed by atoms with E-state index >= 15 is 0 Å². The van der Waals surface area contributed by atoms with Gasteiger partial charge < -0.3 is 60.0 Å². The van der Waals surface area contributed by atoms with Crippen LogP contribution in [0, 0.1) is 0 Å². The van der Waals surface area contributed by atoms with E-state index < -0.39 is 102 Å². The molecule has 0 aliphatic carbocycles. The van der Waals surface area contributed by atoms with Crippen molar-refractivity contribution in [2.75, 3.05) is 31.7 Å². The molecular weight excluding hydrogens is 676 g/mol. The summed E-state index contributed by atoms with van der Waals surface area (Å²) in [6.07, 6.45) is -13.4. The number of aliphatic hydroxyl groups is 5. The van der Waals surface area contributed by atoms with Gasteiger partial charge in [-0.1, -0.05) is 18.2 Å². The number of hydrogen-bond donors (Lipinski definition) is 9. The Morgan fingerprint density at radius 1 is 1.00 bits per heavy atom. The number of ether oxygens (including phenoxy) is 4. The average Bonchev–Trinajstić information content (AvgIpc) is 3.55. The summed E-state index contributed by atoms with van der Waals surface area (Å²) >= 11 is 0. The van der Waals surface area contributed by atoms with Crippen molar-refractivity contribution in [2.45, 2.75) is 55.2 Å². The van der Waals surface area contributed by atoms with E-state index in [0.717, 1.165) is 10.9 Å². The van der Waals surface area contributed by atoms with Crippen LogP contribution in [0.2, 0.25) is 0 Å². The number of nitrogens with zero attached hydrogens (tertiary/aromatic N) is 3. The van der Waals surface area contributed by atoms with Gasteiger partial charge >= 0.3 is 15.4 Å². The number of phosphoric ester groups is 1. The summed E-state index contributed by atoms with van der Waals surface area (Å²) in [7, 11) is -10.3. The summed E-state index contributed by atoms with van der Waals surface area (Å²) in [5, 5.41) is 51.3. The Morgan fingerprint density at radius 3 is 2.40 bits per heavy atom. The first kappa shape index (κ1) is 35.5. The molecule has 4 heterocycles. The van der Waals surface area contributed by atoms with Gasteiger partial charge in [-0.25, -0.2) is 13.9 Å². The first-order chi connectivity index (χ1) is 22.2. The first-order valence-corrected chi connectivity index (χ1v) is 17.2. The zero-order valence-corrected chi connectivity index (χ0v) is 25.9. The molecule has 260 valence electrons. The van der Waals surface area contributed by atoms with Crippen LogP contribution < -0.4 is 16.0 Å². The number of imidazole rings is 1. The van der Waals surface area contributed by atoms with Crippen molar-refractivity contribution in [3.05, 3.63) is 47.0 Å². The number of fused-ring (bicyclic) bond motifs is 1. The van der Waals surface area contributed by atoms with Gasteiger partial charge in [0.2, 0.25) is 12.2 Å². The number of nitrogens with one attached hydrogen (secondary N) is 1. The Bertz CT molecular complexity index is 1680. The maximum absolute atomic E-state index is 12.6. The van der Waals surface area contributed by atoms with Crippen LogP contribution in [0.4, 0.5) is 5.95 Å². The summed E-state index contributed by atoms with van der Waals surface area (Å²) < 4.78 is 57.7. The molecule has 2 aliphatic rings. The lowest BCUT2D eigenvalue weighted by Gasteiger charge is -2.41. The minimum Gasteiger partial charge on any atom is -0.462 e. The van der Waals surface area contributed by atoms with Gasteiger partial charge in [-0.15, -0.1) is 0 Å². The highest BCUT2D eigenvalue weighted by molar-refractivity contribution is 7.64. The predicted octanol–water partition coefficient (Wildman–Crippen LogP) is -2.46. The van der Waals surface area contributed by atoms with Crippen LogP contribution in [0.1, 0.15) is 6.23 Å². The number of phosphoric acid groups is 1. The number of aliphatic hydroxyl groups excluding tert-OH is 5. The van der Waals surface area contributed by atoms with E-state index in [1.807, 2.05) is 0 Å². The molecule has 21 nitrogen and oxygen atoms in total. The number of hydrogen-bond acceptors (Lipinski definition) is 17. The van der Waals surface area contributed by atoms with Crippen molar-refractivity contribution in [1.29, 1.82) is 0 Å². The quantitative estimate of drug-likeness (QED) is 0.0831. The minimum atomic E-state index is -5.31. The number of H-pyrrole nitrogens is 1. The third-order valence-corrected chi connectivity index (χ3v) is 10.3. The Hall–Kier alpha value is -2.85. The lowest BCUT2D eigenvalue weighted by atomic mass is 9.99. The van der Waals surface area contributed by atoms with Crippen LogP contribution in [0.5, 0.6) is 5.75 Å². The number of nitrogen functional groups attached to an aromatic ring is 1. The molecule has 2 aliphatic heterocycles. The van der Waals surface area contributed by atoms with Crippen molar-refractivity contribution in [1.82, 2.24) is 19.5 Å². The average molecular weight is 709 g/mol. The summed E-state index contributed by atoms with van der Waals surface area (Å²) in [6, 6.07) is 8.14. The molecule has 0 saturated carbocycles. The molecule has 2 fully saturated rings. The van der Waals surface area contributed by atoms with Crippen molar-refractivity contribution in [3.8, 4) is 5.75 Å². The molecule has 0 amide bonds. The van der Waals surface area contributed by atoms with Crippen molar-refractivity contribution >= 4 is 32.5 Å². The predicted molar refractivity (Wildman–Crippen MR) is 155 cm³/mol. The van der Waals surface area contributed by atoms with Gasteiger partial charge in [-0.05, 0) is 12.1 Å². The molecule has 0 bridgehead atoms. The number of nitrogens with two attached hydrogens (primary N) is 1. The molecule has 11 atom stereocenters. The Labute approximate surface area is 264 Å². The van der Waals surface area contributed by atoms with Gasteiger partial charge in [-0.3, -0.25) is 23.4 Å². The monoisotopic (exact) mass is 709 g/mol. The number of aromatic amines is 1. The summed E-state index contributed by atoms with van der Waals surface area (Å²) in [6.45, 7) is -2.25. The first-order valence-electron chi connectivity index (χ1n) is 13.9. The van der Waals surface area contributed by atoms with Crippen LogP contribution in [0.3, 0.4) is 0 Å². The number of rotatable bonds is 13. The number of aromatic nitrogens is 4. The van der Waals surface area contributed by atoms with Crippen molar-refractivity contribution < 1.29 is 72.2 Å². The Kier molecular flexibility index (Phi) is 10.8. The van der Waals surface area contributed by atoms with Crippen LogP contribution in [-0.2, 0) is 32.2 Å². The summed E-state index contributed by atoms with van der Waals surface area (Å²) in [5.41, 5.74) is 4.66. The molecule has 11 unspecified atom stereocenters. The number of para-hydroxylation sites is 1. The molecular formula is C24H33N5O16P2. The van der Waals surface area contributed by atoms with Crippen LogP contribution in [-0.4, -0.2) is 130 Å². The van der Waals surface area contributed by atoms with Gasteiger partial charge in [0.1, 0.15) is 48.5 Å². The molecule has 0 radical (unpaired) electrons. The van der Waals surface area contributed by atoms with E-state index in [2.05, 4.69) is 19.3 Å². The second kappa shape index (κ2) is 14.3. The summed E-state index contributed by atoms with van der Waals surface area (Å²) in [4.78, 5) is 42.5. The minimum absolute atomic E-state index is 0.0864. The van der Waals surface area contributed by atoms with Gasteiger partial charge in [0.15, 0.2) is 17.4 Å². The van der Waals surface area contributed by atoms with E-state index in [1.54, 1.807) is 30.3 Å². The van der Waals surface area contributed by atoms with E-state index in [1.165, 1.54) is 0 Å². The second-order valence-corrected chi connectivity index (χ2v) is 14.1. The van der Waals surface area contributed by atoms with Crippen molar-refractivity contribution in [2.24, 2.45) is 0 Å². The van der Waals surface area contributed by atoms with Gasteiger partial charge in [0.25, 0.3) is 5.56 Å². The topological polar surface area (TPSA) is 321 Å². The van der Waals surface area contributed by atoms with Crippen molar-refractivity contribution in [3.63, 3.8) is 0 Å². The highest BCUT2D eigenvalue weighted by atomic mass is 31.3. The zero-order valence-electron chi connectivity index (χ0n) is 24.1. The largest absolute Gasteiger partial charge is 0.479 e. The molecule has 2 saturated heterocycles. The van der Waals surface area contributed by atoms with Gasteiger partial charge in [0.05, 0.1) is 32.3 Å². The maximum Gasteiger partial charge on any atom is 0.479 e. The highest BCUT2D eigenvalue weighted by Crippen LogP contribution is 2.60. The fourth-order valence-corrected chi connectivity index (χ4v) is 7.36. The molecule has 0 spiro atoms. The van der Waals surface area contributed by atoms with E-state index in [4.69, 9.17) is 29.2 Å². The van der Waals surface area contributed by atoms with E-state index in [0.29, 0.717) is 0 Å². The van der Waals surface area contributed by atoms with Gasteiger partial charge in [0, 0.05) is 0 Å². The molecule has 2 aromatic heterocycles. The third-order valence-electron chi connectivity index (χ3n) is 7.20. The molecule has 3 aromatic rings. The van der Waals surface area contributed by atoms with Crippen LogP contribution in [0.25, 0.3) is 11.2 Å². The Morgan fingerprint density at radius 2 is 1.70 bits per heavy atom. The van der Waals surface area contributed by atoms with E-state index in [9.17, 15) is 49.2 Å². The fraction of sp³-hybridized carbons (Fsp3) is 0.542. The molecule has 10 N–H and O–H groups in total. The number of anilines is 1. The molecule has 23 heteroatoms. The van der Waals surface area contributed by atoms with Crippen LogP contribution >= 0.6 is 15.4 Å². The maximum atomic E-state index is 12.6. The van der Waals surface area contributed by atoms with Gasteiger partial charge in [-0.2, -0.15) is 4.98 Å². The lowest BCUT2D eigenvalue weighted by molar-refractivity contribution is -0.286. The lowest BCUT2D eigenvalue weighted by Crippen LogP contribution is -2.61. The zero-order chi connectivity index (χ0) is 34.1. The Balaban J connectivity index is 1.16.